The highest BCUT2D eigenvalue weighted by molar-refractivity contribution is 4.84. The molecule has 1 aliphatic heterocycles. The zero-order valence-corrected chi connectivity index (χ0v) is 6.77. The molecule has 0 aromatic rings. The van der Waals surface area contributed by atoms with Gasteiger partial charge in [-0.25, -0.2) is 0 Å². The Morgan fingerprint density at radius 1 is 1.50 bits per heavy atom. The number of nitrogens with zero attached hydrogens (tertiary/aromatic N) is 1. The summed E-state index contributed by atoms with van der Waals surface area (Å²) < 4.78 is 36.4. The Balaban J connectivity index is 2.40. The van der Waals surface area contributed by atoms with Crippen LogP contribution in [-0.4, -0.2) is 30.7 Å². The van der Waals surface area contributed by atoms with Crippen molar-refractivity contribution >= 4 is 0 Å². The molecule has 0 saturated carbocycles. The van der Waals surface area contributed by atoms with Crippen molar-refractivity contribution in [1.29, 1.82) is 0 Å². The van der Waals surface area contributed by atoms with Crippen LogP contribution in [-0.2, 0) is 0 Å². The summed E-state index contributed by atoms with van der Waals surface area (Å²) in [5.41, 5.74) is 0. The highest BCUT2D eigenvalue weighted by Gasteiger charge is 2.43. The average molecular weight is 179 g/mol. The maximum Gasteiger partial charge on any atom is 0.393 e. The second-order valence-corrected chi connectivity index (χ2v) is 3.08. The Bertz CT molecular complexity index is 164. The van der Waals surface area contributed by atoms with E-state index in [9.17, 15) is 13.2 Å². The van der Waals surface area contributed by atoms with E-state index in [2.05, 4.69) is 6.58 Å². The van der Waals surface area contributed by atoms with Crippen LogP contribution in [0.2, 0.25) is 0 Å². The number of halogens is 3. The summed E-state index contributed by atoms with van der Waals surface area (Å²) in [6.07, 6.45) is -2.15. The van der Waals surface area contributed by atoms with E-state index in [1.807, 2.05) is 0 Å². The monoisotopic (exact) mass is 179 g/mol. The van der Waals surface area contributed by atoms with Gasteiger partial charge in [-0.1, -0.05) is 6.08 Å². The van der Waals surface area contributed by atoms with Crippen molar-refractivity contribution in [3.63, 3.8) is 0 Å². The molecule has 1 saturated heterocycles. The van der Waals surface area contributed by atoms with E-state index in [-0.39, 0.29) is 13.0 Å². The lowest BCUT2D eigenvalue weighted by molar-refractivity contribution is -0.170. The van der Waals surface area contributed by atoms with Gasteiger partial charge in [-0.2, -0.15) is 13.2 Å². The molecule has 1 aliphatic rings. The third-order valence-corrected chi connectivity index (χ3v) is 2.12. The van der Waals surface area contributed by atoms with Crippen LogP contribution in [0.1, 0.15) is 6.42 Å². The second-order valence-electron chi connectivity index (χ2n) is 3.08. The van der Waals surface area contributed by atoms with Crippen molar-refractivity contribution < 1.29 is 13.2 Å². The summed E-state index contributed by atoms with van der Waals surface area (Å²) in [6, 6.07) is 0. The van der Waals surface area contributed by atoms with Crippen LogP contribution in [0.25, 0.3) is 0 Å². The smallest absolute Gasteiger partial charge is 0.299 e. The van der Waals surface area contributed by atoms with Gasteiger partial charge in [0.15, 0.2) is 0 Å². The van der Waals surface area contributed by atoms with Crippen LogP contribution < -0.4 is 0 Å². The standard InChI is InChI=1S/C8H12F3N/c1-2-4-12-5-3-7(6-12)8(9,10)11/h2,7H,1,3-6H2. The van der Waals surface area contributed by atoms with Gasteiger partial charge >= 0.3 is 6.18 Å². The predicted octanol–water partition coefficient (Wildman–Crippen LogP) is 2.06. The maximum atomic E-state index is 12.1. The van der Waals surface area contributed by atoms with Crippen LogP contribution >= 0.6 is 0 Å². The molecule has 0 bridgehead atoms. The normalized spacial score (nSPS) is 26.1. The quantitative estimate of drug-likeness (QED) is 0.586. The molecule has 0 aromatic carbocycles. The molecule has 1 heterocycles. The summed E-state index contributed by atoms with van der Waals surface area (Å²) >= 11 is 0. The molecule has 4 heteroatoms. The number of hydrogen-bond acceptors (Lipinski definition) is 1. The molecule has 0 aliphatic carbocycles. The number of hydrogen-bond donors (Lipinski definition) is 0. The van der Waals surface area contributed by atoms with Crippen molar-refractivity contribution in [3.05, 3.63) is 12.7 Å². The van der Waals surface area contributed by atoms with Gasteiger partial charge in [-0.05, 0) is 13.0 Å². The fourth-order valence-corrected chi connectivity index (χ4v) is 1.45. The third kappa shape index (κ3) is 2.24. The Morgan fingerprint density at radius 2 is 2.17 bits per heavy atom. The molecule has 0 radical (unpaired) electrons. The lowest BCUT2D eigenvalue weighted by atomic mass is 10.1. The fraction of sp³-hybridized carbons (Fsp3) is 0.750. The van der Waals surface area contributed by atoms with E-state index in [1.165, 1.54) is 0 Å². The summed E-state index contributed by atoms with van der Waals surface area (Å²) in [6.45, 7) is 4.72. The molecule has 0 N–H and O–H groups in total. The summed E-state index contributed by atoms with van der Waals surface area (Å²) in [5, 5.41) is 0. The SMILES string of the molecule is C=CCN1CCC(C(F)(F)F)C1. The van der Waals surface area contributed by atoms with Gasteiger partial charge in [-0.15, -0.1) is 6.58 Å². The van der Waals surface area contributed by atoms with Crippen molar-refractivity contribution in [2.45, 2.75) is 12.6 Å². The van der Waals surface area contributed by atoms with E-state index in [4.69, 9.17) is 0 Å². The molecule has 1 atom stereocenters. The molecule has 0 amide bonds. The van der Waals surface area contributed by atoms with Crippen LogP contribution in [0.15, 0.2) is 12.7 Å². The molecule has 1 rings (SSSR count). The summed E-state index contributed by atoms with van der Waals surface area (Å²) in [7, 11) is 0. The van der Waals surface area contributed by atoms with Crippen molar-refractivity contribution in [2.75, 3.05) is 19.6 Å². The Morgan fingerprint density at radius 3 is 2.58 bits per heavy atom. The van der Waals surface area contributed by atoms with E-state index in [1.54, 1.807) is 11.0 Å². The van der Waals surface area contributed by atoms with Crippen molar-refractivity contribution in [1.82, 2.24) is 4.90 Å². The fourth-order valence-electron chi connectivity index (χ4n) is 1.45. The molecule has 70 valence electrons. The molecule has 1 unspecified atom stereocenters. The summed E-state index contributed by atoms with van der Waals surface area (Å²) in [5.74, 6) is -1.13. The first-order chi connectivity index (χ1) is 5.54. The zero-order chi connectivity index (χ0) is 9.19. The molecule has 1 fully saturated rings. The highest BCUT2D eigenvalue weighted by Crippen LogP contribution is 2.33. The first-order valence-corrected chi connectivity index (χ1v) is 3.94. The Hall–Kier alpha value is -0.510. The van der Waals surface area contributed by atoms with Crippen LogP contribution in [0.4, 0.5) is 13.2 Å². The second kappa shape index (κ2) is 3.47. The topological polar surface area (TPSA) is 3.24 Å². The average Bonchev–Trinajstić information content (AvgIpc) is 2.35. The van der Waals surface area contributed by atoms with E-state index >= 15 is 0 Å². The first-order valence-electron chi connectivity index (χ1n) is 3.94. The van der Waals surface area contributed by atoms with Gasteiger partial charge < -0.3 is 0 Å². The maximum absolute atomic E-state index is 12.1. The third-order valence-electron chi connectivity index (χ3n) is 2.12. The van der Waals surface area contributed by atoms with Gasteiger partial charge in [0.2, 0.25) is 0 Å². The largest absolute Gasteiger partial charge is 0.393 e. The van der Waals surface area contributed by atoms with E-state index in [0.717, 1.165) is 0 Å². The van der Waals surface area contributed by atoms with Crippen molar-refractivity contribution in [3.8, 4) is 0 Å². The molecular weight excluding hydrogens is 167 g/mol. The first kappa shape index (κ1) is 9.58. The number of alkyl halides is 3. The molecular formula is C8H12F3N. The van der Waals surface area contributed by atoms with E-state index < -0.39 is 12.1 Å². The van der Waals surface area contributed by atoms with Gasteiger partial charge in [0.05, 0.1) is 5.92 Å². The molecule has 12 heavy (non-hydrogen) atoms. The molecule has 0 spiro atoms. The van der Waals surface area contributed by atoms with Gasteiger partial charge in [-0.3, -0.25) is 4.90 Å². The van der Waals surface area contributed by atoms with Gasteiger partial charge in [0, 0.05) is 13.1 Å². The molecule has 1 nitrogen and oxygen atoms in total. The van der Waals surface area contributed by atoms with E-state index in [0.29, 0.717) is 13.1 Å². The number of likely N-dealkylation sites (tertiary alicyclic amines) is 1. The van der Waals surface area contributed by atoms with Gasteiger partial charge in [0.1, 0.15) is 0 Å². The lowest BCUT2D eigenvalue weighted by Crippen LogP contribution is -2.27. The van der Waals surface area contributed by atoms with Crippen molar-refractivity contribution in [2.24, 2.45) is 5.92 Å². The zero-order valence-electron chi connectivity index (χ0n) is 6.77. The van der Waals surface area contributed by atoms with Crippen LogP contribution in [0, 0.1) is 5.92 Å². The van der Waals surface area contributed by atoms with Crippen LogP contribution in [0.3, 0.4) is 0 Å². The Kier molecular flexibility index (Phi) is 2.77. The van der Waals surface area contributed by atoms with Gasteiger partial charge in [0.25, 0.3) is 0 Å². The minimum absolute atomic E-state index is 0.134. The summed E-state index contributed by atoms with van der Waals surface area (Å²) in [4.78, 5) is 1.77. The number of rotatable bonds is 2. The molecule has 0 aromatic heterocycles. The minimum atomic E-state index is -4.02. The Labute approximate surface area is 69.9 Å². The predicted molar refractivity (Wildman–Crippen MR) is 40.8 cm³/mol. The highest BCUT2D eigenvalue weighted by atomic mass is 19.4. The van der Waals surface area contributed by atoms with Crippen LogP contribution in [0.5, 0.6) is 0 Å². The lowest BCUT2D eigenvalue weighted by Gasteiger charge is -2.15. The minimum Gasteiger partial charge on any atom is -0.299 e.